The van der Waals surface area contributed by atoms with E-state index in [4.69, 9.17) is 4.74 Å². The Labute approximate surface area is 100 Å². The summed E-state index contributed by atoms with van der Waals surface area (Å²) in [7, 11) is 0. The van der Waals surface area contributed by atoms with E-state index >= 15 is 0 Å². The molecule has 0 fully saturated rings. The van der Waals surface area contributed by atoms with E-state index in [9.17, 15) is 9.59 Å². The highest BCUT2D eigenvalue weighted by Gasteiger charge is 2.01. The Morgan fingerprint density at radius 1 is 1.29 bits per heavy atom. The zero-order valence-electron chi connectivity index (χ0n) is 9.68. The first kappa shape index (κ1) is 13.0. The summed E-state index contributed by atoms with van der Waals surface area (Å²) < 4.78 is 4.70. The summed E-state index contributed by atoms with van der Waals surface area (Å²) in [5.41, 5.74) is 0.594. The summed E-state index contributed by atoms with van der Waals surface area (Å²) in [4.78, 5) is 22.5. The highest BCUT2D eigenvalue weighted by Crippen LogP contribution is 1.97. The topological polar surface area (TPSA) is 55.4 Å². The molecule has 1 rings (SSSR count). The lowest BCUT2D eigenvalue weighted by Crippen LogP contribution is -2.23. The largest absolute Gasteiger partial charge is 0.463 e. The van der Waals surface area contributed by atoms with E-state index in [1.54, 1.807) is 37.3 Å². The molecule has 0 spiro atoms. The Bertz CT molecular complexity index is 398. The van der Waals surface area contributed by atoms with Crippen LogP contribution in [0.3, 0.4) is 0 Å². The number of hydrogen-bond acceptors (Lipinski definition) is 3. The van der Waals surface area contributed by atoms with Gasteiger partial charge in [0.15, 0.2) is 0 Å². The number of nitrogens with one attached hydrogen (secondary N) is 1. The molecule has 0 unspecified atom stereocenters. The van der Waals surface area contributed by atoms with Crippen LogP contribution in [0.4, 0.5) is 0 Å². The number of carbonyl (C=O) groups is 2. The monoisotopic (exact) mass is 233 g/mol. The van der Waals surface area contributed by atoms with Crippen molar-refractivity contribution in [1.29, 1.82) is 0 Å². The van der Waals surface area contributed by atoms with Crippen LogP contribution in [0.2, 0.25) is 0 Å². The third-order valence-electron chi connectivity index (χ3n) is 1.96. The summed E-state index contributed by atoms with van der Waals surface area (Å²) in [6.07, 6.45) is 2.85. The number of esters is 1. The fourth-order valence-corrected chi connectivity index (χ4v) is 1.19. The molecule has 0 aliphatic carbocycles. The van der Waals surface area contributed by atoms with Gasteiger partial charge in [-0.15, -0.1) is 0 Å². The van der Waals surface area contributed by atoms with E-state index in [0.29, 0.717) is 18.7 Å². The summed E-state index contributed by atoms with van der Waals surface area (Å²) in [5.74, 6) is -0.569. The molecule has 0 bridgehead atoms. The second-order valence-electron chi connectivity index (χ2n) is 3.23. The fraction of sp³-hybridized carbons (Fsp3) is 0.231. The van der Waals surface area contributed by atoms with Crippen molar-refractivity contribution in [3.63, 3.8) is 0 Å². The highest BCUT2D eigenvalue weighted by molar-refractivity contribution is 5.94. The first-order valence-electron chi connectivity index (χ1n) is 5.40. The van der Waals surface area contributed by atoms with Crippen LogP contribution in [-0.2, 0) is 9.53 Å². The quantitative estimate of drug-likeness (QED) is 0.620. The van der Waals surface area contributed by atoms with Crippen LogP contribution in [0.25, 0.3) is 0 Å². The average molecular weight is 233 g/mol. The number of hydrogen-bond donors (Lipinski definition) is 1. The summed E-state index contributed by atoms with van der Waals surface area (Å²) in [6, 6.07) is 8.89. The third-order valence-corrected chi connectivity index (χ3v) is 1.96. The molecule has 90 valence electrons. The summed E-state index contributed by atoms with van der Waals surface area (Å²) in [5, 5.41) is 2.66. The number of carbonyl (C=O) groups excluding carboxylic acids is 2. The Kier molecular flexibility index (Phi) is 5.51. The maximum absolute atomic E-state index is 11.6. The van der Waals surface area contributed by atoms with Crippen molar-refractivity contribution in [3.05, 3.63) is 48.0 Å². The molecule has 0 aliphatic heterocycles. The van der Waals surface area contributed by atoms with Crippen LogP contribution in [0.5, 0.6) is 0 Å². The molecule has 4 nitrogen and oxygen atoms in total. The number of rotatable bonds is 5. The molecule has 1 aromatic rings. The first-order valence-corrected chi connectivity index (χ1v) is 5.40. The van der Waals surface area contributed by atoms with Gasteiger partial charge in [-0.1, -0.05) is 24.3 Å². The molecule has 1 amide bonds. The van der Waals surface area contributed by atoms with Crippen LogP contribution in [0, 0.1) is 0 Å². The molecule has 1 N–H and O–H groups in total. The van der Waals surface area contributed by atoms with Crippen molar-refractivity contribution in [3.8, 4) is 0 Å². The van der Waals surface area contributed by atoms with E-state index in [1.165, 1.54) is 6.08 Å². The maximum Gasteiger partial charge on any atom is 0.330 e. The Hall–Kier alpha value is -2.10. The molecule has 0 saturated carbocycles. The van der Waals surface area contributed by atoms with Gasteiger partial charge in [0.2, 0.25) is 0 Å². The van der Waals surface area contributed by atoms with Gasteiger partial charge in [-0.3, -0.25) is 4.79 Å². The number of ether oxygens (including phenoxy) is 1. The van der Waals surface area contributed by atoms with Crippen molar-refractivity contribution < 1.29 is 14.3 Å². The molecule has 0 heterocycles. The van der Waals surface area contributed by atoms with Gasteiger partial charge >= 0.3 is 5.97 Å². The Morgan fingerprint density at radius 3 is 2.65 bits per heavy atom. The molecule has 4 heteroatoms. The molecule has 1 aromatic carbocycles. The minimum absolute atomic E-state index is 0.167. The van der Waals surface area contributed by atoms with Gasteiger partial charge in [0.05, 0.1) is 6.61 Å². The molecule has 0 aliphatic rings. The van der Waals surface area contributed by atoms with E-state index < -0.39 is 5.97 Å². The van der Waals surface area contributed by atoms with Crippen molar-refractivity contribution in [2.24, 2.45) is 0 Å². The zero-order valence-corrected chi connectivity index (χ0v) is 9.68. The Balaban J connectivity index is 2.32. The van der Waals surface area contributed by atoms with Gasteiger partial charge in [-0.05, 0) is 19.1 Å². The predicted octanol–water partition coefficient (Wildman–Crippen LogP) is 1.54. The van der Waals surface area contributed by atoms with Gasteiger partial charge in [-0.2, -0.15) is 0 Å². The molecule has 0 aromatic heterocycles. The third kappa shape index (κ3) is 4.97. The second kappa shape index (κ2) is 7.22. The lowest BCUT2D eigenvalue weighted by Gasteiger charge is -2.01. The molecular weight excluding hydrogens is 218 g/mol. The van der Waals surface area contributed by atoms with Gasteiger partial charge in [0.1, 0.15) is 0 Å². The van der Waals surface area contributed by atoms with Gasteiger partial charge in [-0.25, -0.2) is 4.79 Å². The fourth-order valence-electron chi connectivity index (χ4n) is 1.19. The Morgan fingerprint density at radius 2 is 2.00 bits per heavy atom. The highest BCUT2D eigenvalue weighted by atomic mass is 16.5. The van der Waals surface area contributed by atoms with Gasteiger partial charge < -0.3 is 10.1 Å². The minimum atomic E-state index is -0.401. The lowest BCUT2D eigenvalue weighted by molar-refractivity contribution is -0.137. The van der Waals surface area contributed by atoms with Crippen LogP contribution >= 0.6 is 0 Å². The molecule has 0 saturated heterocycles. The van der Waals surface area contributed by atoms with E-state index in [-0.39, 0.29) is 5.91 Å². The van der Waals surface area contributed by atoms with E-state index in [0.717, 1.165) is 0 Å². The van der Waals surface area contributed by atoms with Crippen molar-refractivity contribution in [2.75, 3.05) is 13.2 Å². The number of amides is 1. The maximum atomic E-state index is 11.6. The molecular formula is C13H15NO3. The minimum Gasteiger partial charge on any atom is -0.463 e. The van der Waals surface area contributed by atoms with Gasteiger partial charge in [0, 0.05) is 18.2 Å². The second-order valence-corrected chi connectivity index (χ2v) is 3.23. The lowest BCUT2D eigenvalue weighted by atomic mass is 10.2. The molecule has 0 atom stereocenters. The summed E-state index contributed by atoms with van der Waals surface area (Å²) in [6.45, 7) is 2.38. The average Bonchev–Trinajstić information content (AvgIpc) is 2.36. The standard InChI is InChI=1S/C13H15NO3/c1-2-17-12(15)9-6-10-14-13(16)11-7-4-3-5-8-11/h3-9H,2,10H2,1H3,(H,14,16)/b9-6+. The van der Waals surface area contributed by atoms with E-state index in [2.05, 4.69) is 5.32 Å². The molecule has 17 heavy (non-hydrogen) atoms. The first-order chi connectivity index (χ1) is 8.24. The van der Waals surface area contributed by atoms with Crippen LogP contribution in [-0.4, -0.2) is 25.0 Å². The SMILES string of the molecule is CCOC(=O)/C=C/CNC(=O)c1ccccc1. The zero-order chi connectivity index (χ0) is 12.5. The number of benzene rings is 1. The van der Waals surface area contributed by atoms with Crippen molar-refractivity contribution >= 4 is 11.9 Å². The smallest absolute Gasteiger partial charge is 0.330 e. The van der Waals surface area contributed by atoms with Crippen molar-refractivity contribution in [2.45, 2.75) is 6.92 Å². The summed E-state index contributed by atoms with van der Waals surface area (Å²) >= 11 is 0. The van der Waals surface area contributed by atoms with Crippen LogP contribution < -0.4 is 5.32 Å². The van der Waals surface area contributed by atoms with Crippen LogP contribution in [0.1, 0.15) is 17.3 Å². The predicted molar refractivity (Wildman–Crippen MR) is 64.5 cm³/mol. The normalized spacial score (nSPS) is 10.2. The van der Waals surface area contributed by atoms with E-state index in [1.807, 2.05) is 6.07 Å². The van der Waals surface area contributed by atoms with Gasteiger partial charge in [0.25, 0.3) is 5.91 Å². The van der Waals surface area contributed by atoms with Crippen LogP contribution in [0.15, 0.2) is 42.5 Å². The molecule has 0 radical (unpaired) electrons. The van der Waals surface area contributed by atoms with Crippen molar-refractivity contribution in [1.82, 2.24) is 5.32 Å².